The summed E-state index contributed by atoms with van der Waals surface area (Å²) < 4.78 is 11.1. The molecule has 0 saturated carbocycles. The smallest absolute Gasteiger partial charge is 0.235 e. The second kappa shape index (κ2) is 8.94. The summed E-state index contributed by atoms with van der Waals surface area (Å²) in [4.78, 5) is 15.3. The summed E-state index contributed by atoms with van der Waals surface area (Å²) in [5.74, 6) is 1.32. The Morgan fingerprint density at radius 3 is 2.71 bits per heavy atom. The summed E-state index contributed by atoms with van der Waals surface area (Å²) in [7, 11) is 1.51. The van der Waals surface area contributed by atoms with Crippen molar-refractivity contribution in [2.24, 2.45) is 0 Å². The standard InChI is InChI=1S/C18H18N2O3S/c1-13(21)24-9-8-15-11-20-18(16(10-19)17(15)22-2)23-12-14-6-4-3-5-7-14/h3-7,11H,8-9,12H2,1-2H3. The number of nitriles is 1. The van der Waals surface area contributed by atoms with Crippen molar-refractivity contribution in [2.75, 3.05) is 12.9 Å². The Balaban J connectivity index is 2.17. The van der Waals surface area contributed by atoms with Crippen molar-refractivity contribution >= 4 is 16.9 Å². The van der Waals surface area contributed by atoms with Gasteiger partial charge in [0.25, 0.3) is 0 Å². The highest BCUT2D eigenvalue weighted by Gasteiger charge is 2.17. The van der Waals surface area contributed by atoms with Crippen LogP contribution in [0.1, 0.15) is 23.6 Å². The number of aromatic nitrogens is 1. The Bertz CT molecular complexity index is 742. The molecule has 1 aromatic heterocycles. The highest BCUT2D eigenvalue weighted by molar-refractivity contribution is 8.13. The van der Waals surface area contributed by atoms with Gasteiger partial charge in [0.2, 0.25) is 5.88 Å². The summed E-state index contributed by atoms with van der Waals surface area (Å²) in [6.07, 6.45) is 2.23. The Hall–Kier alpha value is -2.52. The molecule has 0 radical (unpaired) electrons. The van der Waals surface area contributed by atoms with Gasteiger partial charge in [-0.25, -0.2) is 4.98 Å². The predicted molar refractivity (Wildman–Crippen MR) is 93.1 cm³/mol. The van der Waals surface area contributed by atoms with Gasteiger partial charge >= 0.3 is 0 Å². The first-order valence-corrected chi connectivity index (χ1v) is 8.40. The fourth-order valence-corrected chi connectivity index (χ4v) is 2.78. The molecule has 0 aliphatic heterocycles. The number of hydrogen-bond donors (Lipinski definition) is 0. The molecule has 0 atom stereocenters. The van der Waals surface area contributed by atoms with Crippen LogP contribution >= 0.6 is 11.8 Å². The monoisotopic (exact) mass is 342 g/mol. The fraction of sp³-hybridized carbons (Fsp3) is 0.278. The molecule has 0 amide bonds. The number of pyridine rings is 1. The number of methoxy groups -OCH3 is 1. The lowest BCUT2D eigenvalue weighted by Gasteiger charge is -2.13. The first kappa shape index (κ1) is 17.8. The van der Waals surface area contributed by atoms with Gasteiger partial charge in [0.1, 0.15) is 18.4 Å². The van der Waals surface area contributed by atoms with E-state index in [-0.39, 0.29) is 16.6 Å². The van der Waals surface area contributed by atoms with Crippen LogP contribution in [0.5, 0.6) is 11.6 Å². The number of ether oxygens (including phenoxy) is 2. The molecule has 24 heavy (non-hydrogen) atoms. The number of rotatable bonds is 7. The number of thioether (sulfide) groups is 1. The Labute approximate surface area is 145 Å². The van der Waals surface area contributed by atoms with Crippen molar-refractivity contribution in [1.29, 1.82) is 5.26 Å². The van der Waals surface area contributed by atoms with Gasteiger partial charge < -0.3 is 9.47 Å². The molecule has 1 aromatic carbocycles. The summed E-state index contributed by atoms with van der Waals surface area (Å²) in [6, 6.07) is 11.8. The Morgan fingerprint density at radius 2 is 2.08 bits per heavy atom. The van der Waals surface area contributed by atoms with E-state index < -0.39 is 0 Å². The molecular formula is C18H18N2O3S. The van der Waals surface area contributed by atoms with E-state index in [1.54, 1.807) is 6.20 Å². The lowest BCUT2D eigenvalue weighted by atomic mass is 10.1. The number of nitrogens with zero attached hydrogens (tertiary/aromatic N) is 2. The van der Waals surface area contributed by atoms with Crippen LogP contribution in [0, 0.1) is 11.3 Å². The SMILES string of the molecule is COc1c(CCSC(C)=O)cnc(OCc2ccccc2)c1C#N. The van der Waals surface area contributed by atoms with Crippen LogP contribution in [0.2, 0.25) is 0 Å². The highest BCUT2D eigenvalue weighted by atomic mass is 32.2. The molecule has 2 rings (SSSR count). The van der Waals surface area contributed by atoms with E-state index in [0.717, 1.165) is 11.1 Å². The summed E-state index contributed by atoms with van der Waals surface area (Å²) in [5, 5.41) is 9.52. The third-order valence-corrected chi connectivity index (χ3v) is 4.10. The lowest BCUT2D eigenvalue weighted by Crippen LogP contribution is -2.04. The molecule has 5 nitrogen and oxygen atoms in total. The lowest BCUT2D eigenvalue weighted by molar-refractivity contribution is -0.109. The molecule has 1 heterocycles. The van der Waals surface area contributed by atoms with Crippen molar-refractivity contribution in [2.45, 2.75) is 20.0 Å². The van der Waals surface area contributed by atoms with E-state index in [1.807, 2.05) is 30.3 Å². The topological polar surface area (TPSA) is 72.2 Å². The minimum absolute atomic E-state index is 0.0604. The zero-order chi connectivity index (χ0) is 17.4. The van der Waals surface area contributed by atoms with Crippen molar-refractivity contribution in [3.8, 4) is 17.7 Å². The largest absolute Gasteiger partial charge is 0.495 e. The van der Waals surface area contributed by atoms with E-state index in [4.69, 9.17) is 9.47 Å². The Morgan fingerprint density at radius 1 is 1.33 bits per heavy atom. The third-order valence-electron chi connectivity index (χ3n) is 3.28. The fourth-order valence-electron chi connectivity index (χ4n) is 2.17. The van der Waals surface area contributed by atoms with Crippen molar-refractivity contribution < 1.29 is 14.3 Å². The van der Waals surface area contributed by atoms with Gasteiger partial charge in [-0.2, -0.15) is 5.26 Å². The molecule has 0 aliphatic rings. The molecule has 0 N–H and O–H groups in total. The van der Waals surface area contributed by atoms with Gasteiger partial charge in [-0.1, -0.05) is 42.1 Å². The molecule has 0 fully saturated rings. The van der Waals surface area contributed by atoms with Crippen LogP contribution in [-0.2, 0) is 17.8 Å². The van der Waals surface area contributed by atoms with Gasteiger partial charge in [0.05, 0.1) is 7.11 Å². The number of carbonyl (C=O) groups excluding carboxylic acids is 1. The average Bonchev–Trinajstić information content (AvgIpc) is 2.60. The molecule has 0 spiro atoms. The molecule has 6 heteroatoms. The van der Waals surface area contributed by atoms with Gasteiger partial charge in [-0.05, 0) is 12.0 Å². The molecule has 0 saturated heterocycles. The van der Waals surface area contributed by atoms with Crippen LogP contribution in [0.3, 0.4) is 0 Å². The highest BCUT2D eigenvalue weighted by Crippen LogP contribution is 2.30. The van der Waals surface area contributed by atoms with E-state index in [9.17, 15) is 10.1 Å². The quantitative estimate of drug-likeness (QED) is 0.768. The summed E-state index contributed by atoms with van der Waals surface area (Å²) in [6.45, 7) is 1.85. The summed E-state index contributed by atoms with van der Waals surface area (Å²) >= 11 is 1.23. The Kier molecular flexibility index (Phi) is 6.64. The molecule has 0 aliphatic carbocycles. The number of hydrogen-bond acceptors (Lipinski definition) is 6. The van der Waals surface area contributed by atoms with Gasteiger partial charge in [-0.15, -0.1) is 0 Å². The third kappa shape index (κ3) is 4.74. The van der Waals surface area contributed by atoms with E-state index in [0.29, 0.717) is 24.5 Å². The van der Waals surface area contributed by atoms with E-state index >= 15 is 0 Å². The van der Waals surface area contributed by atoms with Gasteiger partial charge in [0, 0.05) is 24.4 Å². The zero-order valence-corrected chi connectivity index (χ0v) is 14.4. The van der Waals surface area contributed by atoms with Crippen molar-refractivity contribution in [3.05, 3.63) is 53.2 Å². The zero-order valence-electron chi connectivity index (χ0n) is 13.6. The van der Waals surface area contributed by atoms with E-state index in [2.05, 4.69) is 11.1 Å². The molecule has 2 aromatic rings. The first-order valence-electron chi connectivity index (χ1n) is 7.41. The maximum absolute atomic E-state index is 11.0. The molecular weight excluding hydrogens is 324 g/mol. The minimum atomic E-state index is 0.0604. The second-order valence-electron chi connectivity index (χ2n) is 4.97. The number of carbonyl (C=O) groups is 1. The molecule has 124 valence electrons. The van der Waals surface area contributed by atoms with Gasteiger partial charge in [-0.3, -0.25) is 4.79 Å². The average molecular weight is 342 g/mol. The maximum atomic E-state index is 11.0. The number of aryl methyl sites for hydroxylation is 1. The molecule has 0 bridgehead atoms. The first-order chi connectivity index (χ1) is 11.7. The van der Waals surface area contributed by atoms with Gasteiger partial charge in [0.15, 0.2) is 10.7 Å². The van der Waals surface area contributed by atoms with Crippen molar-refractivity contribution in [1.82, 2.24) is 4.98 Å². The maximum Gasteiger partial charge on any atom is 0.235 e. The van der Waals surface area contributed by atoms with Crippen molar-refractivity contribution in [3.63, 3.8) is 0 Å². The number of benzene rings is 1. The predicted octanol–water partition coefficient (Wildman–Crippen LogP) is 3.36. The second-order valence-corrected chi connectivity index (χ2v) is 6.24. The van der Waals surface area contributed by atoms with Crippen LogP contribution in [0.15, 0.2) is 36.5 Å². The van der Waals surface area contributed by atoms with Crippen LogP contribution in [0.4, 0.5) is 0 Å². The minimum Gasteiger partial charge on any atom is -0.495 e. The normalized spacial score (nSPS) is 10.0. The van der Waals surface area contributed by atoms with E-state index in [1.165, 1.54) is 25.8 Å². The van der Waals surface area contributed by atoms with Crippen LogP contribution in [0.25, 0.3) is 0 Å². The molecule has 0 unspecified atom stereocenters. The summed E-state index contributed by atoms with van der Waals surface area (Å²) in [5.41, 5.74) is 2.05. The van der Waals surface area contributed by atoms with Crippen LogP contribution < -0.4 is 9.47 Å². The van der Waals surface area contributed by atoms with Crippen LogP contribution in [-0.4, -0.2) is 23.0 Å².